The van der Waals surface area contributed by atoms with Gasteiger partial charge < -0.3 is 10.6 Å². The molecule has 4 rings (SSSR count). The van der Waals surface area contributed by atoms with Crippen molar-refractivity contribution in [3.8, 4) is 0 Å². The summed E-state index contributed by atoms with van der Waals surface area (Å²) in [5.41, 5.74) is 6.39. The number of fused-ring (bicyclic) bond motifs is 1. The van der Waals surface area contributed by atoms with E-state index in [1.807, 2.05) is 4.90 Å². The number of pyridine rings is 1. The zero-order valence-corrected chi connectivity index (χ0v) is 17.5. The van der Waals surface area contributed by atoms with Crippen LogP contribution in [0.4, 0.5) is 29.5 Å². The van der Waals surface area contributed by atoms with Crippen LogP contribution in [0.3, 0.4) is 0 Å². The molecule has 1 aromatic carbocycles. The first-order valence-corrected chi connectivity index (χ1v) is 10.3. The largest absolute Gasteiger partial charge is 0.433 e. The number of carbonyl (C=O) groups is 1. The Morgan fingerprint density at radius 3 is 2.66 bits per heavy atom. The number of hydrogen-bond acceptors (Lipinski definition) is 5. The van der Waals surface area contributed by atoms with Crippen molar-refractivity contribution in [2.75, 3.05) is 22.9 Å². The fourth-order valence-corrected chi connectivity index (χ4v) is 3.86. The number of rotatable bonds is 4. The Balaban J connectivity index is 1.72. The van der Waals surface area contributed by atoms with Crippen LogP contribution in [0.2, 0.25) is 0 Å². The van der Waals surface area contributed by atoms with Crippen molar-refractivity contribution in [1.82, 2.24) is 15.0 Å². The Morgan fingerprint density at radius 2 is 1.97 bits per heavy atom. The molecule has 0 bridgehead atoms. The van der Waals surface area contributed by atoms with Gasteiger partial charge in [0.15, 0.2) is 0 Å². The Labute approximate surface area is 183 Å². The highest BCUT2D eigenvalue weighted by Gasteiger charge is 2.34. The number of primary amides is 1. The number of nitrogens with two attached hydrogens (primary N) is 1. The molecule has 1 aliphatic rings. The lowest BCUT2D eigenvalue weighted by Crippen LogP contribution is -2.38. The van der Waals surface area contributed by atoms with E-state index in [0.29, 0.717) is 41.2 Å². The lowest BCUT2D eigenvalue weighted by molar-refractivity contribution is -0.141. The van der Waals surface area contributed by atoms with Crippen molar-refractivity contribution in [2.45, 2.75) is 32.5 Å². The Kier molecular flexibility index (Phi) is 5.86. The second-order valence-electron chi connectivity index (χ2n) is 8.04. The molecule has 2 amide bonds. The monoisotopic (exact) mass is 444 g/mol. The molecule has 10 heteroatoms. The smallest absolute Gasteiger partial charge is 0.356 e. The second-order valence-corrected chi connectivity index (χ2v) is 8.04. The van der Waals surface area contributed by atoms with E-state index < -0.39 is 17.9 Å². The van der Waals surface area contributed by atoms with Gasteiger partial charge in [0.25, 0.3) is 0 Å². The predicted molar refractivity (Wildman–Crippen MR) is 115 cm³/mol. The van der Waals surface area contributed by atoms with Crippen molar-refractivity contribution in [3.63, 3.8) is 0 Å². The third kappa shape index (κ3) is 4.58. The molecule has 0 atom stereocenters. The van der Waals surface area contributed by atoms with Gasteiger partial charge in [-0.05, 0) is 43.0 Å². The summed E-state index contributed by atoms with van der Waals surface area (Å²) in [7, 11) is 0. The third-order valence-electron chi connectivity index (χ3n) is 5.72. The molecule has 7 nitrogen and oxygen atoms in total. The average Bonchev–Trinajstić information content (AvgIpc) is 2.77. The van der Waals surface area contributed by atoms with E-state index in [0.717, 1.165) is 18.9 Å². The minimum atomic E-state index is -4.56. The first-order chi connectivity index (χ1) is 15.2. The van der Waals surface area contributed by atoms with Crippen LogP contribution in [-0.4, -0.2) is 34.1 Å². The maximum Gasteiger partial charge on any atom is 0.433 e. The van der Waals surface area contributed by atoms with Crippen molar-refractivity contribution in [3.05, 3.63) is 54.1 Å². The fourth-order valence-electron chi connectivity index (χ4n) is 3.86. The zero-order valence-electron chi connectivity index (χ0n) is 17.5. The van der Waals surface area contributed by atoms with E-state index >= 15 is 0 Å². The quantitative estimate of drug-likeness (QED) is 0.646. The molecular weight excluding hydrogens is 421 g/mol. The molecule has 0 unspecified atom stereocenters. The van der Waals surface area contributed by atoms with Crippen LogP contribution >= 0.6 is 0 Å². The van der Waals surface area contributed by atoms with E-state index in [-0.39, 0.29) is 12.4 Å². The standard InChI is InChI=1S/C22H23F3N6O/c1-14-6-8-30(9-7-14)20-15(2-5-19(29-20)22(23,24)25)12-31(21(26)32)17-3-4-18-16(10-17)11-27-13-28-18/h2-5,10-11,13-14H,6-9,12H2,1H3,(H2,26,32). The zero-order chi connectivity index (χ0) is 22.9. The molecular formula is C22H23F3N6O. The number of carbonyl (C=O) groups excluding carboxylic acids is 1. The minimum Gasteiger partial charge on any atom is -0.356 e. The van der Waals surface area contributed by atoms with Crippen LogP contribution in [0.1, 0.15) is 31.0 Å². The molecule has 168 valence electrons. The highest BCUT2D eigenvalue weighted by atomic mass is 19.4. The summed E-state index contributed by atoms with van der Waals surface area (Å²) in [5.74, 6) is 0.740. The summed E-state index contributed by atoms with van der Waals surface area (Å²) in [5, 5.41) is 0.715. The summed E-state index contributed by atoms with van der Waals surface area (Å²) in [6.07, 6.45) is 0.208. The number of urea groups is 1. The highest BCUT2D eigenvalue weighted by molar-refractivity contribution is 5.93. The molecule has 0 spiro atoms. The fraction of sp³-hybridized carbons (Fsp3) is 0.364. The van der Waals surface area contributed by atoms with E-state index in [1.165, 1.54) is 17.3 Å². The lowest BCUT2D eigenvalue weighted by atomic mass is 9.99. The Morgan fingerprint density at radius 1 is 1.22 bits per heavy atom. The maximum atomic E-state index is 13.4. The van der Waals surface area contributed by atoms with Gasteiger partial charge in [0.05, 0.1) is 12.1 Å². The van der Waals surface area contributed by atoms with Crippen molar-refractivity contribution in [1.29, 1.82) is 0 Å². The molecule has 1 fully saturated rings. The minimum absolute atomic E-state index is 0.0128. The van der Waals surface area contributed by atoms with Crippen molar-refractivity contribution < 1.29 is 18.0 Å². The number of hydrogen-bond donors (Lipinski definition) is 1. The SMILES string of the molecule is CC1CCN(c2nc(C(F)(F)F)ccc2CN(C(N)=O)c2ccc3ncncc3c2)CC1. The molecule has 1 aliphatic heterocycles. The van der Waals surface area contributed by atoms with Crippen LogP contribution in [0.15, 0.2) is 42.9 Å². The summed E-state index contributed by atoms with van der Waals surface area (Å²) < 4.78 is 40.1. The summed E-state index contributed by atoms with van der Waals surface area (Å²) >= 11 is 0. The maximum absolute atomic E-state index is 13.4. The second kappa shape index (κ2) is 8.60. The molecule has 3 heterocycles. The van der Waals surface area contributed by atoms with Gasteiger partial charge in [-0.2, -0.15) is 13.2 Å². The van der Waals surface area contributed by atoms with Gasteiger partial charge in [-0.1, -0.05) is 13.0 Å². The number of piperidine rings is 1. The molecule has 1 saturated heterocycles. The van der Waals surface area contributed by atoms with Gasteiger partial charge in [-0.15, -0.1) is 0 Å². The molecule has 0 aliphatic carbocycles. The number of nitrogens with zero attached hydrogens (tertiary/aromatic N) is 5. The highest BCUT2D eigenvalue weighted by Crippen LogP contribution is 2.33. The van der Waals surface area contributed by atoms with Gasteiger partial charge in [-0.25, -0.2) is 19.7 Å². The molecule has 2 aromatic heterocycles. The first-order valence-electron chi connectivity index (χ1n) is 10.3. The Hall–Kier alpha value is -3.43. The normalized spacial score (nSPS) is 15.2. The first kappa shape index (κ1) is 21.8. The number of benzene rings is 1. The van der Waals surface area contributed by atoms with Gasteiger partial charge in [-0.3, -0.25) is 4.90 Å². The number of amides is 2. The van der Waals surface area contributed by atoms with E-state index in [2.05, 4.69) is 21.9 Å². The number of alkyl halides is 3. The molecule has 0 saturated carbocycles. The molecule has 32 heavy (non-hydrogen) atoms. The van der Waals surface area contributed by atoms with Crippen LogP contribution in [0.25, 0.3) is 10.9 Å². The average molecular weight is 444 g/mol. The lowest BCUT2D eigenvalue weighted by Gasteiger charge is -2.33. The van der Waals surface area contributed by atoms with Gasteiger partial charge in [0.2, 0.25) is 0 Å². The molecule has 3 aromatic rings. The number of aromatic nitrogens is 3. The van der Waals surface area contributed by atoms with E-state index in [1.54, 1.807) is 24.4 Å². The molecule has 2 N–H and O–H groups in total. The summed E-state index contributed by atoms with van der Waals surface area (Å²) in [6.45, 7) is 3.32. The van der Waals surface area contributed by atoms with Crippen molar-refractivity contribution in [2.24, 2.45) is 11.7 Å². The van der Waals surface area contributed by atoms with E-state index in [9.17, 15) is 18.0 Å². The van der Waals surface area contributed by atoms with Crippen LogP contribution in [0, 0.1) is 5.92 Å². The third-order valence-corrected chi connectivity index (χ3v) is 5.72. The van der Waals surface area contributed by atoms with Crippen molar-refractivity contribution >= 4 is 28.4 Å². The summed E-state index contributed by atoms with van der Waals surface area (Å²) in [4.78, 5) is 27.6. The topological polar surface area (TPSA) is 88.2 Å². The molecule has 0 radical (unpaired) electrons. The number of anilines is 2. The predicted octanol–water partition coefficient (Wildman–Crippen LogP) is 4.37. The van der Waals surface area contributed by atoms with Gasteiger partial charge >= 0.3 is 12.2 Å². The van der Waals surface area contributed by atoms with Gasteiger partial charge in [0.1, 0.15) is 17.8 Å². The van der Waals surface area contributed by atoms with Gasteiger partial charge in [0, 0.05) is 35.9 Å². The Bertz CT molecular complexity index is 1130. The van der Waals surface area contributed by atoms with E-state index in [4.69, 9.17) is 5.73 Å². The van der Waals surface area contributed by atoms with Crippen LogP contribution in [-0.2, 0) is 12.7 Å². The summed E-state index contributed by atoms with van der Waals surface area (Å²) in [6, 6.07) is 6.75. The van der Waals surface area contributed by atoms with Crippen LogP contribution < -0.4 is 15.5 Å². The van der Waals surface area contributed by atoms with Crippen LogP contribution in [0.5, 0.6) is 0 Å². The number of halogens is 3.